The van der Waals surface area contributed by atoms with E-state index in [9.17, 15) is 0 Å². The Kier molecular flexibility index (Phi) is 4.18. The van der Waals surface area contributed by atoms with Crippen LogP contribution in [-0.2, 0) is 0 Å². The number of rotatable bonds is 2. The van der Waals surface area contributed by atoms with Gasteiger partial charge >= 0.3 is 0 Å². The molecule has 182 valence electrons. The molecule has 4 aromatic heterocycles. The summed E-state index contributed by atoms with van der Waals surface area (Å²) in [5.74, 6) is 0.843. The number of hydrogen-bond donors (Lipinski definition) is 0. The average molecular weight is 517 g/mol. The molecule has 0 saturated carbocycles. The molecule has 0 atom stereocenters. The molecule has 0 saturated heterocycles. The second-order valence-corrected chi connectivity index (χ2v) is 10.9. The molecule has 0 fully saturated rings. The number of fused-ring (bicyclic) bond motifs is 11. The van der Waals surface area contributed by atoms with Crippen LogP contribution in [0.5, 0.6) is 0 Å². The van der Waals surface area contributed by atoms with Crippen LogP contribution in [0.2, 0.25) is 0 Å². The first-order valence-electron chi connectivity index (χ1n) is 13.0. The van der Waals surface area contributed by atoms with Crippen LogP contribution in [0.3, 0.4) is 0 Å². The quantitative estimate of drug-likeness (QED) is 0.230. The summed E-state index contributed by atoms with van der Waals surface area (Å²) in [6.07, 6.45) is 1.89. The van der Waals surface area contributed by atoms with Gasteiger partial charge in [0.25, 0.3) is 0 Å². The van der Waals surface area contributed by atoms with Crippen LogP contribution >= 0.6 is 11.3 Å². The summed E-state index contributed by atoms with van der Waals surface area (Å²) in [6.45, 7) is 0. The van der Waals surface area contributed by atoms with Crippen molar-refractivity contribution in [3.8, 4) is 11.6 Å². The summed E-state index contributed by atoms with van der Waals surface area (Å²) in [6, 6.07) is 40.6. The Hall–Kier alpha value is -5.00. The summed E-state index contributed by atoms with van der Waals surface area (Å²) in [5, 5.41) is 7.45. The zero-order valence-corrected chi connectivity index (χ0v) is 21.6. The Morgan fingerprint density at radius 2 is 1.26 bits per heavy atom. The average Bonchev–Trinajstić information content (AvgIpc) is 3.67. The van der Waals surface area contributed by atoms with Gasteiger partial charge < -0.3 is 0 Å². The molecule has 0 amide bonds. The van der Waals surface area contributed by atoms with Gasteiger partial charge in [0.15, 0.2) is 0 Å². The summed E-state index contributed by atoms with van der Waals surface area (Å²) >= 11 is 1.85. The third kappa shape index (κ3) is 2.77. The lowest BCUT2D eigenvalue weighted by molar-refractivity contribution is 0.947. The summed E-state index contributed by atoms with van der Waals surface area (Å²) in [5.41, 5.74) is 5.16. The Labute approximate surface area is 227 Å². The van der Waals surface area contributed by atoms with Crippen molar-refractivity contribution < 1.29 is 0 Å². The molecule has 0 aliphatic heterocycles. The van der Waals surface area contributed by atoms with E-state index in [1.165, 1.54) is 36.3 Å². The topological polar surface area (TPSA) is 35.6 Å². The number of benzene rings is 5. The summed E-state index contributed by atoms with van der Waals surface area (Å²) < 4.78 is 7.10. The molecule has 5 heteroatoms. The van der Waals surface area contributed by atoms with Gasteiger partial charge in [-0.2, -0.15) is 0 Å². The molecule has 0 aliphatic carbocycles. The Bertz CT molecular complexity index is 2390. The lowest BCUT2D eigenvalue weighted by Gasteiger charge is -2.12. The first-order chi connectivity index (χ1) is 19.4. The van der Waals surface area contributed by atoms with Gasteiger partial charge in [0.05, 0.1) is 21.3 Å². The van der Waals surface area contributed by atoms with E-state index in [1.54, 1.807) is 0 Å². The van der Waals surface area contributed by atoms with Gasteiger partial charge in [0, 0.05) is 38.1 Å². The standard InChI is InChI=1S/C34H20N4S/c1-2-11-21(12-3-1)37-27-18-8-7-17-26(27)36-34(37)38-31-29(25-16-10-20-35-33(25)38)22-13-4-5-14-23(22)30-24-15-6-9-19-28(24)39-32(30)31/h1-20H. The Morgan fingerprint density at radius 3 is 2.13 bits per heavy atom. The molecule has 4 heterocycles. The van der Waals surface area contributed by atoms with Gasteiger partial charge in [-0.15, -0.1) is 11.3 Å². The van der Waals surface area contributed by atoms with Crippen molar-refractivity contribution in [1.29, 1.82) is 0 Å². The van der Waals surface area contributed by atoms with E-state index < -0.39 is 0 Å². The van der Waals surface area contributed by atoms with Crippen molar-refractivity contribution in [3.63, 3.8) is 0 Å². The van der Waals surface area contributed by atoms with E-state index in [4.69, 9.17) is 9.97 Å². The van der Waals surface area contributed by atoms with Crippen molar-refractivity contribution >= 4 is 75.3 Å². The van der Waals surface area contributed by atoms with Crippen molar-refractivity contribution in [2.24, 2.45) is 0 Å². The van der Waals surface area contributed by atoms with Gasteiger partial charge in [-0.3, -0.25) is 9.13 Å². The molecular formula is C34H20N4S. The van der Waals surface area contributed by atoms with E-state index in [-0.39, 0.29) is 0 Å². The number of imidazole rings is 1. The maximum atomic E-state index is 5.26. The molecule has 9 rings (SSSR count). The molecule has 0 aliphatic rings. The van der Waals surface area contributed by atoms with Crippen LogP contribution in [-0.4, -0.2) is 19.1 Å². The molecule has 0 N–H and O–H groups in total. The third-order valence-electron chi connectivity index (χ3n) is 7.76. The van der Waals surface area contributed by atoms with Crippen LogP contribution in [0, 0.1) is 0 Å². The van der Waals surface area contributed by atoms with Crippen molar-refractivity contribution in [2.75, 3.05) is 0 Å². The third-order valence-corrected chi connectivity index (χ3v) is 8.94. The van der Waals surface area contributed by atoms with Crippen LogP contribution in [0.1, 0.15) is 0 Å². The minimum absolute atomic E-state index is 0.843. The van der Waals surface area contributed by atoms with E-state index >= 15 is 0 Å². The fourth-order valence-corrected chi connectivity index (χ4v) is 7.45. The molecule has 39 heavy (non-hydrogen) atoms. The Morgan fingerprint density at radius 1 is 0.564 bits per heavy atom. The predicted molar refractivity (Wildman–Crippen MR) is 164 cm³/mol. The fraction of sp³-hybridized carbons (Fsp3) is 0. The summed E-state index contributed by atoms with van der Waals surface area (Å²) in [4.78, 5) is 10.2. The largest absolute Gasteiger partial charge is 0.278 e. The molecule has 0 bridgehead atoms. The van der Waals surface area contributed by atoms with Gasteiger partial charge in [-0.05, 0) is 53.2 Å². The second-order valence-electron chi connectivity index (χ2n) is 9.85. The molecule has 5 aromatic carbocycles. The van der Waals surface area contributed by atoms with E-state index in [0.717, 1.165) is 39.2 Å². The van der Waals surface area contributed by atoms with E-state index in [2.05, 4.69) is 118 Å². The van der Waals surface area contributed by atoms with Crippen molar-refractivity contribution in [1.82, 2.24) is 19.1 Å². The van der Waals surface area contributed by atoms with Crippen molar-refractivity contribution in [2.45, 2.75) is 0 Å². The summed E-state index contributed by atoms with van der Waals surface area (Å²) in [7, 11) is 0. The van der Waals surface area contributed by atoms with Crippen LogP contribution < -0.4 is 0 Å². The minimum Gasteiger partial charge on any atom is -0.278 e. The van der Waals surface area contributed by atoms with Gasteiger partial charge in [-0.25, -0.2) is 9.97 Å². The van der Waals surface area contributed by atoms with Gasteiger partial charge in [-0.1, -0.05) is 72.8 Å². The highest BCUT2D eigenvalue weighted by Gasteiger charge is 2.25. The molecular weight excluding hydrogens is 496 g/mol. The monoisotopic (exact) mass is 516 g/mol. The molecule has 0 unspecified atom stereocenters. The van der Waals surface area contributed by atoms with E-state index in [0.29, 0.717) is 0 Å². The number of aromatic nitrogens is 4. The smallest absolute Gasteiger partial charge is 0.221 e. The highest BCUT2D eigenvalue weighted by atomic mass is 32.1. The van der Waals surface area contributed by atoms with E-state index in [1.807, 2.05) is 23.6 Å². The molecule has 0 spiro atoms. The maximum absolute atomic E-state index is 5.26. The number of pyridine rings is 1. The molecule has 9 aromatic rings. The minimum atomic E-state index is 0.843. The van der Waals surface area contributed by atoms with Gasteiger partial charge in [0.2, 0.25) is 5.95 Å². The first kappa shape index (κ1) is 21.0. The molecule has 4 nitrogen and oxygen atoms in total. The lowest BCUT2D eigenvalue weighted by Crippen LogP contribution is -2.06. The van der Waals surface area contributed by atoms with Gasteiger partial charge in [0.1, 0.15) is 5.65 Å². The zero-order chi connectivity index (χ0) is 25.5. The maximum Gasteiger partial charge on any atom is 0.221 e. The Balaban J connectivity index is 1.59. The van der Waals surface area contributed by atoms with Crippen molar-refractivity contribution in [3.05, 3.63) is 121 Å². The van der Waals surface area contributed by atoms with Crippen LogP contribution in [0.25, 0.3) is 75.6 Å². The SMILES string of the molecule is c1ccc(-n2c(-n3c4ncccc4c4c5ccccc5c5c6ccccc6sc5c43)nc3ccccc32)cc1. The second kappa shape index (κ2) is 7.76. The normalized spacial score (nSPS) is 12.1. The first-order valence-corrected chi connectivity index (χ1v) is 13.8. The number of para-hydroxylation sites is 3. The number of hydrogen-bond acceptors (Lipinski definition) is 3. The highest BCUT2D eigenvalue weighted by molar-refractivity contribution is 7.27. The lowest BCUT2D eigenvalue weighted by atomic mass is 9.99. The zero-order valence-electron chi connectivity index (χ0n) is 20.7. The van der Waals surface area contributed by atoms with Crippen LogP contribution in [0.4, 0.5) is 0 Å². The molecule has 0 radical (unpaired) electrons. The predicted octanol–water partition coefficient (Wildman–Crippen LogP) is 9.04. The van der Waals surface area contributed by atoms with Crippen LogP contribution in [0.15, 0.2) is 121 Å². The fourth-order valence-electron chi connectivity index (χ4n) is 6.19. The number of nitrogens with zero attached hydrogens (tertiary/aromatic N) is 4. The highest BCUT2D eigenvalue weighted by Crippen LogP contribution is 2.47. The number of thiophene rings is 1.